The van der Waals surface area contributed by atoms with Crippen molar-refractivity contribution in [3.63, 3.8) is 0 Å². The molecule has 4 atom stereocenters. The molecule has 1 aromatic heterocycles. The summed E-state index contributed by atoms with van der Waals surface area (Å²) in [5.74, 6) is 0. The largest absolute Gasteiger partial charge is 0.394 e. The van der Waals surface area contributed by atoms with Gasteiger partial charge in [-0.2, -0.15) is 0 Å². The third-order valence-electron chi connectivity index (χ3n) is 2.49. The van der Waals surface area contributed by atoms with Crippen LogP contribution in [0.15, 0.2) is 23.3 Å². The maximum atomic E-state index is 13.6. The molecule has 1 aliphatic heterocycles. The predicted molar refractivity (Wildman–Crippen MR) is 50.4 cm³/mol. The third kappa shape index (κ3) is 1.73. The summed E-state index contributed by atoms with van der Waals surface area (Å²) in [5.41, 5.74) is -0.666. The fourth-order valence-corrected chi connectivity index (χ4v) is 1.64. The van der Waals surface area contributed by atoms with Crippen molar-refractivity contribution in [3.8, 4) is 0 Å². The van der Waals surface area contributed by atoms with E-state index in [2.05, 4.69) is 4.98 Å². The Bertz CT molecular complexity index is 424. The number of hydrogen-bond acceptors (Lipinski definition) is 5. The molecule has 0 spiro atoms. The van der Waals surface area contributed by atoms with Crippen LogP contribution in [-0.4, -0.2) is 44.8 Å². The Hall–Kier alpha value is -1.31. The molecule has 1 fully saturated rings. The second kappa shape index (κ2) is 4.28. The number of halogens is 1. The third-order valence-corrected chi connectivity index (χ3v) is 2.49. The van der Waals surface area contributed by atoms with E-state index in [1.165, 1.54) is 18.5 Å². The van der Waals surface area contributed by atoms with Crippen LogP contribution < -0.4 is 5.69 Å². The van der Waals surface area contributed by atoms with E-state index in [1.54, 1.807) is 0 Å². The van der Waals surface area contributed by atoms with Crippen LogP contribution in [0.25, 0.3) is 0 Å². The van der Waals surface area contributed by atoms with Crippen LogP contribution in [0.5, 0.6) is 0 Å². The van der Waals surface area contributed by atoms with Gasteiger partial charge in [-0.3, -0.25) is 4.57 Å². The van der Waals surface area contributed by atoms with Gasteiger partial charge in [-0.15, -0.1) is 0 Å². The molecule has 6 nitrogen and oxygen atoms in total. The lowest BCUT2D eigenvalue weighted by atomic mass is 10.1. The Kier molecular flexibility index (Phi) is 2.99. The normalized spacial score (nSPS) is 34.2. The Morgan fingerprint density at radius 3 is 2.94 bits per heavy atom. The summed E-state index contributed by atoms with van der Waals surface area (Å²) in [5, 5.41) is 18.2. The van der Waals surface area contributed by atoms with E-state index in [0.717, 1.165) is 4.57 Å². The van der Waals surface area contributed by atoms with Crippen LogP contribution in [0.4, 0.5) is 4.39 Å². The highest BCUT2D eigenvalue weighted by molar-refractivity contribution is 4.92. The van der Waals surface area contributed by atoms with E-state index in [0.29, 0.717) is 0 Å². The van der Waals surface area contributed by atoms with Crippen LogP contribution >= 0.6 is 0 Å². The smallest absolute Gasteiger partial charge is 0.349 e. The van der Waals surface area contributed by atoms with Gasteiger partial charge in [0.1, 0.15) is 12.2 Å². The summed E-state index contributed by atoms with van der Waals surface area (Å²) < 4.78 is 19.6. The van der Waals surface area contributed by atoms with Crippen molar-refractivity contribution < 1.29 is 19.3 Å². The molecule has 88 valence electrons. The first kappa shape index (κ1) is 11.2. The first-order valence-corrected chi connectivity index (χ1v) is 4.76. The summed E-state index contributed by atoms with van der Waals surface area (Å²) in [6, 6.07) is 1.45. The van der Waals surface area contributed by atoms with Gasteiger partial charge in [0, 0.05) is 12.4 Å². The summed E-state index contributed by atoms with van der Waals surface area (Å²) >= 11 is 0. The zero-order valence-electron chi connectivity index (χ0n) is 8.23. The van der Waals surface area contributed by atoms with Crippen molar-refractivity contribution in [1.82, 2.24) is 9.55 Å². The average Bonchev–Trinajstić information content (AvgIpc) is 2.57. The number of hydrogen-bond donors (Lipinski definition) is 2. The first-order chi connectivity index (χ1) is 7.65. The fraction of sp³-hybridized carbons (Fsp3) is 0.556. The van der Waals surface area contributed by atoms with Gasteiger partial charge in [-0.25, -0.2) is 14.2 Å². The van der Waals surface area contributed by atoms with Crippen molar-refractivity contribution in [2.45, 2.75) is 24.6 Å². The standard InChI is InChI=1S/C9H11FN2O4/c10-6-7(14)5(4-13)16-8(6)12-3-1-2-11-9(12)15/h1-3,5-8,13-14H,4H2/t5-,6+,7+,8+/m0/s1. The lowest BCUT2D eigenvalue weighted by molar-refractivity contribution is -0.0491. The number of aromatic nitrogens is 2. The number of rotatable bonds is 2. The Balaban J connectivity index is 2.30. The Morgan fingerprint density at radius 1 is 1.62 bits per heavy atom. The SMILES string of the molecule is O=c1ncccn1[C@@H]1O[C@@H](CO)[C@@H](O)[C@H]1F. The molecule has 0 aromatic carbocycles. The van der Waals surface area contributed by atoms with Crippen molar-refractivity contribution in [2.75, 3.05) is 6.61 Å². The topological polar surface area (TPSA) is 84.6 Å². The van der Waals surface area contributed by atoms with Gasteiger partial charge in [-0.1, -0.05) is 0 Å². The maximum Gasteiger partial charge on any atom is 0.349 e. The Labute approximate surface area is 89.9 Å². The molecule has 0 unspecified atom stereocenters. The van der Waals surface area contributed by atoms with Gasteiger partial charge >= 0.3 is 5.69 Å². The molecule has 1 aromatic rings. The molecule has 2 heterocycles. The summed E-state index contributed by atoms with van der Waals surface area (Å²) in [6.45, 7) is -0.507. The number of alkyl halides is 1. The minimum atomic E-state index is -1.76. The molecule has 2 rings (SSSR count). The summed E-state index contributed by atoms with van der Waals surface area (Å²) in [4.78, 5) is 14.8. The zero-order chi connectivity index (χ0) is 11.7. The van der Waals surface area contributed by atoms with Gasteiger partial charge < -0.3 is 14.9 Å². The van der Waals surface area contributed by atoms with Crippen LogP contribution in [-0.2, 0) is 4.74 Å². The molecular formula is C9H11FN2O4. The van der Waals surface area contributed by atoms with Crippen LogP contribution in [0, 0.1) is 0 Å². The lowest BCUT2D eigenvalue weighted by Gasteiger charge is -2.14. The second-order valence-corrected chi connectivity index (χ2v) is 3.49. The van der Waals surface area contributed by atoms with E-state index < -0.39 is 36.9 Å². The van der Waals surface area contributed by atoms with E-state index in [1.807, 2.05) is 0 Å². The molecule has 1 aliphatic rings. The van der Waals surface area contributed by atoms with Crippen LogP contribution in [0.1, 0.15) is 6.23 Å². The highest BCUT2D eigenvalue weighted by Crippen LogP contribution is 2.30. The van der Waals surface area contributed by atoms with Crippen molar-refractivity contribution in [1.29, 1.82) is 0 Å². The van der Waals surface area contributed by atoms with Gasteiger partial charge in [0.2, 0.25) is 0 Å². The van der Waals surface area contributed by atoms with Gasteiger partial charge in [-0.05, 0) is 6.07 Å². The van der Waals surface area contributed by atoms with E-state index >= 15 is 0 Å². The molecule has 0 saturated carbocycles. The molecule has 0 radical (unpaired) electrons. The highest BCUT2D eigenvalue weighted by Gasteiger charge is 2.45. The molecular weight excluding hydrogens is 219 g/mol. The molecule has 0 aliphatic carbocycles. The molecule has 0 bridgehead atoms. The zero-order valence-corrected chi connectivity index (χ0v) is 8.23. The van der Waals surface area contributed by atoms with Gasteiger partial charge in [0.25, 0.3) is 0 Å². The number of aliphatic hydroxyl groups excluding tert-OH is 2. The number of ether oxygens (including phenoxy) is 1. The lowest BCUT2D eigenvalue weighted by Crippen LogP contribution is -2.33. The van der Waals surface area contributed by atoms with Crippen molar-refractivity contribution in [3.05, 3.63) is 28.9 Å². The van der Waals surface area contributed by atoms with Crippen molar-refractivity contribution in [2.24, 2.45) is 0 Å². The molecule has 2 N–H and O–H groups in total. The summed E-state index contributed by atoms with van der Waals surface area (Å²) in [6.07, 6.45) is -2.87. The molecule has 7 heteroatoms. The highest BCUT2D eigenvalue weighted by atomic mass is 19.1. The van der Waals surface area contributed by atoms with E-state index in [-0.39, 0.29) is 0 Å². The van der Waals surface area contributed by atoms with Gasteiger partial charge in [0.05, 0.1) is 6.61 Å². The number of aliphatic hydroxyl groups is 2. The fourth-order valence-electron chi connectivity index (χ4n) is 1.64. The first-order valence-electron chi connectivity index (χ1n) is 4.76. The van der Waals surface area contributed by atoms with Crippen LogP contribution in [0.3, 0.4) is 0 Å². The quantitative estimate of drug-likeness (QED) is 0.669. The minimum Gasteiger partial charge on any atom is -0.394 e. The van der Waals surface area contributed by atoms with E-state index in [9.17, 15) is 14.3 Å². The van der Waals surface area contributed by atoms with Gasteiger partial charge in [0.15, 0.2) is 12.4 Å². The van der Waals surface area contributed by atoms with Crippen LogP contribution in [0.2, 0.25) is 0 Å². The summed E-state index contributed by atoms with van der Waals surface area (Å²) in [7, 11) is 0. The maximum absolute atomic E-state index is 13.6. The van der Waals surface area contributed by atoms with Crippen molar-refractivity contribution >= 4 is 0 Å². The minimum absolute atomic E-state index is 0.507. The average molecular weight is 230 g/mol. The Morgan fingerprint density at radius 2 is 2.38 bits per heavy atom. The molecule has 16 heavy (non-hydrogen) atoms. The molecule has 0 amide bonds. The second-order valence-electron chi connectivity index (χ2n) is 3.49. The monoisotopic (exact) mass is 230 g/mol. The van der Waals surface area contributed by atoms with E-state index in [4.69, 9.17) is 9.84 Å². The molecule has 1 saturated heterocycles. The number of nitrogens with zero attached hydrogens (tertiary/aromatic N) is 2. The predicted octanol–water partition coefficient (Wildman–Crippen LogP) is -1.17.